The number of benzene rings is 2. The van der Waals surface area contributed by atoms with Crippen molar-refractivity contribution in [1.82, 2.24) is 8.87 Å². The molecule has 182 valence electrons. The maximum atomic E-state index is 13.0. The summed E-state index contributed by atoms with van der Waals surface area (Å²) in [6, 6.07) is 12.5. The Morgan fingerprint density at radius 1 is 1.12 bits per heavy atom. The monoisotopic (exact) mass is 503 g/mol. The maximum Gasteiger partial charge on any atom is 0.251 e. The number of aryl methyl sites for hydroxylation is 1. The predicted octanol–water partition coefficient (Wildman–Crippen LogP) is 3.19. The fourth-order valence-electron chi connectivity index (χ4n) is 4.09. The molecule has 0 radical (unpaired) electrons. The maximum absolute atomic E-state index is 13.0. The van der Waals surface area contributed by atoms with Gasteiger partial charge in [0.25, 0.3) is 5.91 Å². The van der Waals surface area contributed by atoms with E-state index < -0.39 is 10.0 Å². The van der Waals surface area contributed by atoms with Crippen molar-refractivity contribution >= 4 is 37.5 Å². The number of ether oxygens (including phenoxy) is 2. The quantitative estimate of drug-likeness (QED) is 0.494. The van der Waals surface area contributed by atoms with Gasteiger partial charge in [0.2, 0.25) is 10.0 Å². The summed E-state index contributed by atoms with van der Waals surface area (Å²) >= 11 is 1.49. The van der Waals surface area contributed by atoms with E-state index in [9.17, 15) is 13.2 Å². The van der Waals surface area contributed by atoms with E-state index in [0.29, 0.717) is 36.5 Å². The molecule has 2 heterocycles. The van der Waals surface area contributed by atoms with Crippen molar-refractivity contribution in [3.05, 3.63) is 52.8 Å². The molecule has 1 aliphatic rings. The third-order valence-corrected chi connectivity index (χ3v) is 9.02. The van der Waals surface area contributed by atoms with Crippen LogP contribution >= 0.6 is 11.3 Å². The van der Waals surface area contributed by atoms with Crippen LogP contribution < -0.4 is 9.54 Å². The SMILES string of the molecule is COCCn1c(=NC(=O)C2CCN(S(=O)(=O)c3ccc(OC)cc3)CC2)sc2cc(C)ccc21. The van der Waals surface area contributed by atoms with Crippen LogP contribution in [-0.2, 0) is 26.1 Å². The summed E-state index contributed by atoms with van der Waals surface area (Å²) in [6.45, 7) is 3.73. The fraction of sp³-hybridized carbons (Fsp3) is 0.417. The van der Waals surface area contributed by atoms with E-state index >= 15 is 0 Å². The standard InChI is InChI=1S/C24H29N3O5S2/c1-17-4-9-21-22(16-17)33-24(27(21)14-15-31-2)25-23(28)18-10-12-26(13-11-18)34(29,30)20-7-5-19(32-3)6-8-20/h4-9,16,18H,10-15H2,1-3H3. The number of carbonyl (C=O) groups is 1. The highest BCUT2D eigenvalue weighted by Crippen LogP contribution is 2.26. The lowest BCUT2D eigenvalue weighted by atomic mass is 9.98. The van der Waals surface area contributed by atoms with Crippen LogP contribution in [0.25, 0.3) is 10.2 Å². The number of hydrogen-bond donors (Lipinski definition) is 0. The number of hydrogen-bond acceptors (Lipinski definition) is 6. The number of aromatic nitrogens is 1. The Morgan fingerprint density at radius 2 is 1.82 bits per heavy atom. The third-order valence-electron chi connectivity index (χ3n) is 6.06. The highest BCUT2D eigenvalue weighted by atomic mass is 32.2. The molecule has 0 saturated carbocycles. The molecule has 0 spiro atoms. The van der Waals surface area contributed by atoms with Gasteiger partial charge in [0, 0.05) is 32.7 Å². The van der Waals surface area contributed by atoms with Crippen molar-refractivity contribution in [1.29, 1.82) is 0 Å². The zero-order valence-electron chi connectivity index (χ0n) is 19.6. The number of fused-ring (bicyclic) bond motifs is 1. The topological polar surface area (TPSA) is 90.2 Å². The van der Waals surface area contributed by atoms with Crippen molar-refractivity contribution < 1.29 is 22.7 Å². The summed E-state index contributed by atoms with van der Waals surface area (Å²) < 4.78 is 40.9. The first-order valence-electron chi connectivity index (χ1n) is 11.1. The third kappa shape index (κ3) is 5.10. The van der Waals surface area contributed by atoms with Gasteiger partial charge in [0.15, 0.2) is 4.80 Å². The molecule has 1 amide bonds. The van der Waals surface area contributed by atoms with Crippen LogP contribution in [0.3, 0.4) is 0 Å². The average molecular weight is 504 g/mol. The van der Waals surface area contributed by atoms with Gasteiger partial charge in [-0.2, -0.15) is 9.30 Å². The summed E-state index contributed by atoms with van der Waals surface area (Å²) in [5.41, 5.74) is 2.18. The Bertz CT molecular complexity index is 1340. The summed E-state index contributed by atoms with van der Waals surface area (Å²) in [6.07, 6.45) is 0.888. The Morgan fingerprint density at radius 3 is 2.47 bits per heavy atom. The summed E-state index contributed by atoms with van der Waals surface area (Å²) in [5, 5.41) is 0. The molecule has 4 rings (SSSR count). The lowest BCUT2D eigenvalue weighted by Gasteiger charge is -2.29. The molecule has 1 aliphatic heterocycles. The predicted molar refractivity (Wildman–Crippen MR) is 131 cm³/mol. The van der Waals surface area contributed by atoms with E-state index in [1.165, 1.54) is 22.8 Å². The van der Waals surface area contributed by atoms with Crippen LogP contribution in [0.15, 0.2) is 52.4 Å². The second-order valence-corrected chi connectivity index (χ2v) is 11.3. The fourth-order valence-corrected chi connectivity index (χ4v) is 6.72. The van der Waals surface area contributed by atoms with E-state index in [1.54, 1.807) is 31.4 Å². The molecule has 0 aliphatic carbocycles. The van der Waals surface area contributed by atoms with Crippen LogP contribution in [0.1, 0.15) is 18.4 Å². The van der Waals surface area contributed by atoms with Gasteiger partial charge in [0.1, 0.15) is 5.75 Å². The minimum absolute atomic E-state index is 0.198. The smallest absolute Gasteiger partial charge is 0.251 e. The molecule has 0 atom stereocenters. The number of nitrogens with zero attached hydrogens (tertiary/aromatic N) is 3. The highest BCUT2D eigenvalue weighted by Gasteiger charge is 2.32. The number of sulfonamides is 1. The largest absolute Gasteiger partial charge is 0.497 e. The first-order valence-corrected chi connectivity index (χ1v) is 13.4. The molecule has 1 saturated heterocycles. The lowest BCUT2D eigenvalue weighted by Crippen LogP contribution is -2.40. The number of methoxy groups -OCH3 is 2. The normalized spacial score (nSPS) is 16.3. The molecule has 10 heteroatoms. The summed E-state index contributed by atoms with van der Waals surface area (Å²) in [4.78, 5) is 18.4. The first kappa shape index (κ1) is 24.6. The van der Waals surface area contributed by atoms with Gasteiger partial charge >= 0.3 is 0 Å². The minimum atomic E-state index is -3.61. The van der Waals surface area contributed by atoms with E-state index in [2.05, 4.69) is 11.1 Å². The van der Waals surface area contributed by atoms with Crippen molar-refractivity contribution in [2.24, 2.45) is 10.9 Å². The lowest BCUT2D eigenvalue weighted by molar-refractivity contribution is -0.122. The van der Waals surface area contributed by atoms with Crippen LogP contribution in [0.4, 0.5) is 0 Å². The average Bonchev–Trinajstić information content (AvgIpc) is 3.18. The van der Waals surface area contributed by atoms with Crippen LogP contribution in [0.5, 0.6) is 5.75 Å². The molecule has 3 aromatic rings. The van der Waals surface area contributed by atoms with Crippen LogP contribution in [-0.4, -0.2) is 57.1 Å². The van der Waals surface area contributed by atoms with Crippen molar-refractivity contribution in [3.8, 4) is 5.75 Å². The Labute approximate surface area is 203 Å². The molecule has 0 unspecified atom stereocenters. The van der Waals surface area contributed by atoms with Crippen molar-refractivity contribution in [3.63, 3.8) is 0 Å². The second kappa shape index (κ2) is 10.4. The van der Waals surface area contributed by atoms with Gasteiger partial charge in [-0.1, -0.05) is 17.4 Å². The zero-order valence-corrected chi connectivity index (χ0v) is 21.2. The summed E-state index contributed by atoms with van der Waals surface area (Å²) in [5.74, 6) is 0.102. The minimum Gasteiger partial charge on any atom is -0.497 e. The second-order valence-electron chi connectivity index (χ2n) is 8.30. The van der Waals surface area contributed by atoms with E-state index in [0.717, 1.165) is 15.8 Å². The van der Waals surface area contributed by atoms with Crippen LogP contribution in [0.2, 0.25) is 0 Å². The number of amides is 1. The van der Waals surface area contributed by atoms with Gasteiger partial charge < -0.3 is 14.0 Å². The zero-order chi connectivity index (χ0) is 24.3. The number of rotatable bonds is 7. The summed E-state index contributed by atoms with van der Waals surface area (Å²) in [7, 11) is -0.429. The Balaban J connectivity index is 1.51. The van der Waals surface area contributed by atoms with Gasteiger partial charge in [-0.25, -0.2) is 8.42 Å². The van der Waals surface area contributed by atoms with E-state index in [1.807, 2.05) is 23.6 Å². The van der Waals surface area contributed by atoms with Gasteiger partial charge in [-0.3, -0.25) is 4.79 Å². The molecule has 2 aromatic carbocycles. The molecule has 8 nitrogen and oxygen atoms in total. The van der Waals surface area contributed by atoms with Gasteiger partial charge in [-0.05, 0) is 61.7 Å². The Kier molecular flexibility index (Phi) is 7.51. The molecule has 1 aromatic heterocycles. The molecule has 1 fully saturated rings. The van der Waals surface area contributed by atoms with Gasteiger partial charge in [-0.15, -0.1) is 0 Å². The van der Waals surface area contributed by atoms with Crippen molar-refractivity contribution in [2.45, 2.75) is 31.2 Å². The molecular formula is C24H29N3O5S2. The molecule has 0 N–H and O–H groups in total. The van der Waals surface area contributed by atoms with Crippen molar-refractivity contribution in [2.75, 3.05) is 33.9 Å². The van der Waals surface area contributed by atoms with E-state index in [4.69, 9.17) is 9.47 Å². The van der Waals surface area contributed by atoms with Crippen LogP contribution in [0, 0.1) is 12.8 Å². The van der Waals surface area contributed by atoms with Gasteiger partial charge in [0.05, 0.1) is 28.8 Å². The number of carbonyl (C=O) groups excluding carboxylic acids is 1. The highest BCUT2D eigenvalue weighted by molar-refractivity contribution is 7.89. The molecule has 0 bridgehead atoms. The Hall–Kier alpha value is -2.53. The molecule has 34 heavy (non-hydrogen) atoms. The number of thiazole rings is 1. The van der Waals surface area contributed by atoms with E-state index in [-0.39, 0.29) is 29.8 Å². The molecular weight excluding hydrogens is 474 g/mol. The first-order chi connectivity index (χ1) is 16.3. The number of piperidine rings is 1.